The van der Waals surface area contributed by atoms with Crippen molar-refractivity contribution in [2.24, 2.45) is 0 Å². The molecule has 1 aliphatic rings. The second-order valence-electron chi connectivity index (χ2n) is 10.7. The maximum Gasteiger partial charge on any atom is 0.416 e. The van der Waals surface area contributed by atoms with E-state index in [1.807, 2.05) is 66.5 Å². The van der Waals surface area contributed by atoms with Crippen LogP contribution >= 0.6 is 0 Å². The summed E-state index contributed by atoms with van der Waals surface area (Å²) < 4.78 is 38.9. The van der Waals surface area contributed by atoms with E-state index in [1.165, 1.54) is 18.2 Å². The number of pyridine rings is 2. The smallest absolute Gasteiger partial charge is 0.345 e. The van der Waals surface area contributed by atoms with Gasteiger partial charge in [-0.05, 0) is 78.6 Å². The normalized spacial score (nSPS) is 14.6. The fraction of sp³-hybridized carbons (Fsp3) is 0.265. The van der Waals surface area contributed by atoms with Crippen LogP contribution in [0, 0.1) is 0 Å². The molecule has 1 amide bonds. The van der Waals surface area contributed by atoms with E-state index in [-0.39, 0.29) is 11.9 Å². The molecule has 3 heterocycles. The first-order valence-corrected chi connectivity index (χ1v) is 14.3. The summed E-state index contributed by atoms with van der Waals surface area (Å²) in [6, 6.07) is 22.8. The third kappa shape index (κ3) is 8.08. The minimum absolute atomic E-state index is 0.0314. The summed E-state index contributed by atoms with van der Waals surface area (Å²) in [7, 11) is 1.99. The monoisotopic (exact) mass is 585 g/mol. The minimum atomic E-state index is -4.40. The number of halogens is 3. The van der Waals surface area contributed by atoms with E-state index in [1.54, 1.807) is 24.7 Å². The zero-order valence-corrected chi connectivity index (χ0v) is 24.0. The Morgan fingerprint density at radius 3 is 2.21 bits per heavy atom. The number of amides is 1. The number of carbonyl (C=O) groups is 1. The van der Waals surface area contributed by atoms with E-state index in [9.17, 15) is 18.0 Å². The van der Waals surface area contributed by atoms with Crippen molar-refractivity contribution in [1.29, 1.82) is 0 Å². The van der Waals surface area contributed by atoms with Gasteiger partial charge in [-0.1, -0.05) is 30.3 Å². The molecule has 2 aromatic heterocycles. The number of hydrogen-bond acceptors (Lipinski definition) is 5. The minimum Gasteiger partial charge on any atom is -0.345 e. The number of hydrogen-bond donors (Lipinski definition) is 0. The van der Waals surface area contributed by atoms with Gasteiger partial charge >= 0.3 is 6.18 Å². The summed E-state index contributed by atoms with van der Waals surface area (Å²) >= 11 is 0. The fourth-order valence-corrected chi connectivity index (χ4v) is 5.28. The number of anilines is 2. The van der Waals surface area contributed by atoms with Gasteiger partial charge in [-0.2, -0.15) is 13.2 Å². The Morgan fingerprint density at radius 2 is 1.58 bits per heavy atom. The molecule has 43 heavy (non-hydrogen) atoms. The molecule has 0 unspecified atom stereocenters. The lowest BCUT2D eigenvalue weighted by molar-refractivity contribution is -0.137. The zero-order valence-electron chi connectivity index (χ0n) is 24.0. The van der Waals surface area contributed by atoms with Gasteiger partial charge < -0.3 is 9.80 Å². The number of aromatic nitrogens is 2. The van der Waals surface area contributed by atoms with Crippen molar-refractivity contribution in [2.75, 3.05) is 25.0 Å². The number of likely N-dealkylation sites (tertiary alicyclic amines) is 1. The molecule has 0 bridgehead atoms. The highest BCUT2D eigenvalue weighted by molar-refractivity contribution is 5.92. The lowest BCUT2D eigenvalue weighted by Gasteiger charge is -2.38. The molecule has 5 rings (SSSR count). The van der Waals surface area contributed by atoms with Crippen LogP contribution in [0.25, 0.3) is 6.08 Å². The SMILES string of the molecule is CN(c1ccncc1)c1ccc(CN(C(=O)C=Cc2ccc(C(F)(F)F)cc2)C2CCN(Cc3ccccn3)CC2)cc1. The first-order valence-electron chi connectivity index (χ1n) is 14.3. The summed E-state index contributed by atoms with van der Waals surface area (Å²) in [5, 5.41) is 0. The van der Waals surface area contributed by atoms with Crippen LogP contribution in [-0.4, -0.2) is 51.9 Å². The molecule has 6 nitrogen and oxygen atoms in total. The van der Waals surface area contributed by atoms with Crippen LogP contribution in [0.1, 0.15) is 35.2 Å². The largest absolute Gasteiger partial charge is 0.416 e. The first-order chi connectivity index (χ1) is 20.8. The Balaban J connectivity index is 1.30. The number of carbonyl (C=O) groups excluding carboxylic acids is 1. The van der Waals surface area contributed by atoms with E-state index < -0.39 is 11.7 Å². The average molecular weight is 586 g/mol. The maximum absolute atomic E-state index is 13.6. The Bertz CT molecular complexity index is 1490. The molecule has 1 aliphatic heterocycles. The third-order valence-corrected chi connectivity index (χ3v) is 7.78. The standard InChI is InChI=1S/C34H34F3N5O/c1-40(31-15-20-38-21-16-31)30-12-7-27(8-13-30)24-42(32-17-22-41(23-18-32)25-29-4-2-3-19-39-29)33(43)14-9-26-5-10-28(11-6-26)34(35,36)37/h2-16,19-21,32H,17-18,22-25H2,1H3. The molecule has 1 fully saturated rings. The second-order valence-corrected chi connectivity index (χ2v) is 10.7. The summed E-state index contributed by atoms with van der Waals surface area (Å²) in [5.41, 5.74) is 3.87. The van der Waals surface area contributed by atoms with Gasteiger partial charge in [0, 0.05) is 75.3 Å². The molecular weight excluding hydrogens is 551 g/mol. The lowest BCUT2D eigenvalue weighted by atomic mass is 10.0. The lowest BCUT2D eigenvalue weighted by Crippen LogP contribution is -2.46. The van der Waals surface area contributed by atoms with Gasteiger partial charge in [-0.15, -0.1) is 0 Å². The summed E-state index contributed by atoms with van der Waals surface area (Å²) in [4.78, 5) is 28.4. The highest BCUT2D eigenvalue weighted by Crippen LogP contribution is 2.29. The molecular formula is C34H34F3N5O. The first kappa shape index (κ1) is 30.0. The van der Waals surface area contributed by atoms with Gasteiger partial charge in [-0.25, -0.2) is 0 Å². The van der Waals surface area contributed by atoms with Gasteiger partial charge in [0.15, 0.2) is 0 Å². The summed E-state index contributed by atoms with van der Waals surface area (Å²) in [5.74, 6) is -0.166. The molecule has 0 atom stereocenters. The number of nitrogens with zero attached hydrogens (tertiary/aromatic N) is 5. The van der Waals surface area contributed by atoms with Gasteiger partial charge in [0.2, 0.25) is 5.91 Å². The van der Waals surface area contributed by atoms with Gasteiger partial charge in [0.05, 0.1) is 11.3 Å². The molecule has 0 spiro atoms. The molecule has 2 aromatic carbocycles. The molecule has 222 valence electrons. The Kier molecular flexibility index (Phi) is 9.51. The predicted molar refractivity (Wildman–Crippen MR) is 162 cm³/mol. The molecule has 9 heteroatoms. The van der Waals surface area contributed by atoms with Crippen LogP contribution < -0.4 is 4.90 Å². The Morgan fingerprint density at radius 1 is 0.907 bits per heavy atom. The molecule has 4 aromatic rings. The zero-order chi connectivity index (χ0) is 30.2. The van der Waals surface area contributed by atoms with Gasteiger partial charge in [0.25, 0.3) is 0 Å². The van der Waals surface area contributed by atoms with Crippen molar-refractivity contribution in [2.45, 2.75) is 38.1 Å². The Hall–Kier alpha value is -4.50. The third-order valence-electron chi connectivity index (χ3n) is 7.78. The van der Waals surface area contributed by atoms with Crippen LogP contribution in [0.15, 0.2) is 104 Å². The number of alkyl halides is 3. The maximum atomic E-state index is 13.6. The van der Waals surface area contributed by atoms with Crippen LogP contribution in [-0.2, 0) is 24.1 Å². The van der Waals surface area contributed by atoms with Crippen molar-refractivity contribution in [1.82, 2.24) is 19.8 Å². The van der Waals surface area contributed by atoms with E-state index in [0.29, 0.717) is 12.1 Å². The number of piperidine rings is 1. The average Bonchev–Trinajstić information content (AvgIpc) is 3.03. The van der Waals surface area contributed by atoms with Crippen molar-refractivity contribution < 1.29 is 18.0 Å². The quantitative estimate of drug-likeness (QED) is 0.199. The molecule has 1 saturated heterocycles. The molecule has 0 N–H and O–H groups in total. The van der Waals surface area contributed by atoms with Crippen LogP contribution in [0.5, 0.6) is 0 Å². The second kappa shape index (κ2) is 13.6. The van der Waals surface area contributed by atoms with Crippen molar-refractivity contribution >= 4 is 23.4 Å². The number of benzene rings is 2. The van der Waals surface area contributed by atoms with Crippen molar-refractivity contribution in [3.05, 3.63) is 126 Å². The van der Waals surface area contributed by atoms with Crippen LogP contribution in [0.2, 0.25) is 0 Å². The summed E-state index contributed by atoms with van der Waals surface area (Å²) in [6.45, 7) is 2.87. The van der Waals surface area contributed by atoms with Crippen molar-refractivity contribution in [3.63, 3.8) is 0 Å². The van der Waals surface area contributed by atoms with E-state index in [2.05, 4.69) is 19.8 Å². The number of rotatable bonds is 9. The van der Waals surface area contributed by atoms with Crippen molar-refractivity contribution in [3.8, 4) is 0 Å². The molecule has 0 aliphatic carbocycles. The highest BCUT2D eigenvalue weighted by atomic mass is 19.4. The topological polar surface area (TPSA) is 52.6 Å². The van der Waals surface area contributed by atoms with E-state index in [0.717, 1.165) is 67.2 Å². The van der Waals surface area contributed by atoms with E-state index in [4.69, 9.17) is 0 Å². The predicted octanol–water partition coefficient (Wildman–Crippen LogP) is 6.97. The molecule has 0 saturated carbocycles. The Labute approximate surface area is 250 Å². The van der Waals surface area contributed by atoms with E-state index >= 15 is 0 Å². The molecule has 0 radical (unpaired) electrons. The van der Waals surface area contributed by atoms with Gasteiger partial charge in [-0.3, -0.25) is 19.7 Å². The highest BCUT2D eigenvalue weighted by Gasteiger charge is 2.30. The van der Waals surface area contributed by atoms with Crippen LogP contribution in [0.4, 0.5) is 24.5 Å². The van der Waals surface area contributed by atoms with Gasteiger partial charge in [0.1, 0.15) is 0 Å². The van der Waals surface area contributed by atoms with Crippen LogP contribution in [0.3, 0.4) is 0 Å². The fourth-order valence-electron chi connectivity index (χ4n) is 5.28. The summed E-state index contributed by atoms with van der Waals surface area (Å²) in [6.07, 6.45) is 5.58.